The highest BCUT2D eigenvalue weighted by Crippen LogP contribution is 2.05. The predicted octanol–water partition coefficient (Wildman–Crippen LogP) is 0.463. The van der Waals surface area contributed by atoms with Gasteiger partial charge in [-0.1, -0.05) is 12.1 Å². The Morgan fingerprint density at radius 3 is 2.91 bits per heavy atom. The lowest BCUT2D eigenvalue weighted by Crippen LogP contribution is -2.44. The summed E-state index contributed by atoms with van der Waals surface area (Å²) in [5.41, 5.74) is 1.49. The summed E-state index contributed by atoms with van der Waals surface area (Å²) < 4.78 is 5.31. The molecule has 1 aliphatic rings. The highest BCUT2D eigenvalue weighted by Gasteiger charge is 2.16. The molecule has 7 heteroatoms. The van der Waals surface area contributed by atoms with Crippen molar-refractivity contribution in [1.29, 1.82) is 0 Å². The molecule has 2 amide bonds. The first kappa shape index (κ1) is 18.4. The van der Waals surface area contributed by atoms with Gasteiger partial charge in [0.25, 0.3) is 5.91 Å². The van der Waals surface area contributed by atoms with Crippen LogP contribution in [0, 0.1) is 0 Å². The number of nitrogens with one attached hydrogen (secondary N) is 3. The Hall–Kier alpha value is -1.63. The summed E-state index contributed by atoms with van der Waals surface area (Å²) in [5, 5.41) is 8.68. The summed E-state index contributed by atoms with van der Waals surface area (Å²) in [6, 6.07) is 7.29. The molecule has 1 heterocycles. The number of halogens is 1. The van der Waals surface area contributed by atoms with Crippen molar-refractivity contribution in [2.75, 3.05) is 26.8 Å². The van der Waals surface area contributed by atoms with Crippen LogP contribution in [0.25, 0.3) is 0 Å². The Balaban J connectivity index is 0.00000242. The van der Waals surface area contributed by atoms with Gasteiger partial charge in [-0.15, -0.1) is 12.4 Å². The molecule has 0 aliphatic carbocycles. The summed E-state index contributed by atoms with van der Waals surface area (Å²) in [4.78, 5) is 23.4. The van der Waals surface area contributed by atoms with E-state index >= 15 is 0 Å². The lowest BCUT2D eigenvalue weighted by molar-refractivity contribution is -0.122. The Morgan fingerprint density at radius 2 is 2.23 bits per heavy atom. The summed E-state index contributed by atoms with van der Waals surface area (Å²) in [6.45, 7) is 2.47. The standard InChI is InChI=1S/C15H21N3O3.ClH/c1-16-15(20)12-4-2-3-11(7-12)9-18-14(19)8-13-10-21-6-5-17-13;/h2-4,7,13,17H,5-6,8-10H2,1H3,(H,16,20)(H,18,19);1H. The van der Waals surface area contributed by atoms with Crippen LogP contribution in [0.5, 0.6) is 0 Å². The van der Waals surface area contributed by atoms with Gasteiger partial charge in [0.05, 0.1) is 13.2 Å². The molecular formula is C15H22ClN3O3. The van der Waals surface area contributed by atoms with Crippen molar-refractivity contribution < 1.29 is 14.3 Å². The zero-order valence-electron chi connectivity index (χ0n) is 12.6. The third-order valence-electron chi connectivity index (χ3n) is 3.34. The molecule has 6 nitrogen and oxygen atoms in total. The van der Waals surface area contributed by atoms with Gasteiger partial charge in [-0.05, 0) is 17.7 Å². The van der Waals surface area contributed by atoms with Crippen molar-refractivity contribution in [3.63, 3.8) is 0 Å². The van der Waals surface area contributed by atoms with Crippen molar-refractivity contribution >= 4 is 24.2 Å². The van der Waals surface area contributed by atoms with Gasteiger partial charge in [-0.2, -0.15) is 0 Å². The Kier molecular flexibility index (Phi) is 7.87. The highest BCUT2D eigenvalue weighted by atomic mass is 35.5. The highest BCUT2D eigenvalue weighted by molar-refractivity contribution is 5.94. The van der Waals surface area contributed by atoms with Crippen LogP contribution in [0.3, 0.4) is 0 Å². The number of carbonyl (C=O) groups excluding carboxylic acids is 2. The Labute approximate surface area is 136 Å². The smallest absolute Gasteiger partial charge is 0.251 e. The minimum atomic E-state index is -0.133. The fraction of sp³-hybridized carbons (Fsp3) is 0.467. The number of benzene rings is 1. The van der Waals surface area contributed by atoms with Gasteiger partial charge in [0, 0.05) is 38.2 Å². The van der Waals surface area contributed by atoms with Crippen LogP contribution < -0.4 is 16.0 Å². The van der Waals surface area contributed by atoms with Crippen LogP contribution in [0.2, 0.25) is 0 Å². The van der Waals surface area contributed by atoms with E-state index in [9.17, 15) is 9.59 Å². The lowest BCUT2D eigenvalue weighted by Gasteiger charge is -2.23. The molecular weight excluding hydrogens is 306 g/mol. The molecule has 0 saturated carbocycles. The van der Waals surface area contributed by atoms with Crippen molar-refractivity contribution in [3.8, 4) is 0 Å². The van der Waals surface area contributed by atoms with E-state index < -0.39 is 0 Å². The van der Waals surface area contributed by atoms with Gasteiger partial charge in [-0.25, -0.2) is 0 Å². The molecule has 22 heavy (non-hydrogen) atoms. The maximum Gasteiger partial charge on any atom is 0.251 e. The zero-order valence-corrected chi connectivity index (χ0v) is 13.4. The van der Waals surface area contributed by atoms with Gasteiger partial charge in [-0.3, -0.25) is 9.59 Å². The predicted molar refractivity (Wildman–Crippen MR) is 86.2 cm³/mol. The number of hydrogen-bond donors (Lipinski definition) is 3. The lowest BCUT2D eigenvalue weighted by atomic mass is 10.1. The quantitative estimate of drug-likeness (QED) is 0.734. The first-order valence-electron chi connectivity index (χ1n) is 7.08. The average Bonchev–Trinajstić information content (AvgIpc) is 2.53. The SMILES string of the molecule is CNC(=O)c1cccc(CNC(=O)CC2COCCN2)c1.Cl. The molecule has 1 atom stereocenters. The minimum absolute atomic E-state index is 0. The van der Waals surface area contributed by atoms with Gasteiger partial charge in [0.1, 0.15) is 0 Å². The molecule has 2 rings (SSSR count). The van der Waals surface area contributed by atoms with Crippen LogP contribution >= 0.6 is 12.4 Å². The van der Waals surface area contributed by atoms with E-state index in [-0.39, 0.29) is 30.3 Å². The number of ether oxygens (including phenoxy) is 1. The van der Waals surface area contributed by atoms with Gasteiger partial charge < -0.3 is 20.7 Å². The van der Waals surface area contributed by atoms with Crippen LogP contribution in [0.1, 0.15) is 22.3 Å². The fourth-order valence-electron chi connectivity index (χ4n) is 2.21. The maximum atomic E-state index is 11.9. The van der Waals surface area contributed by atoms with E-state index in [0.717, 1.165) is 12.1 Å². The van der Waals surface area contributed by atoms with Crippen molar-refractivity contribution in [2.45, 2.75) is 19.0 Å². The third kappa shape index (κ3) is 5.63. The molecule has 0 aromatic heterocycles. The van der Waals surface area contributed by atoms with Crippen molar-refractivity contribution in [3.05, 3.63) is 35.4 Å². The van der Waals surface area contributed by atoms with Crippen LogP contribution in [0.4, 0.5) is 0 Å². The normalized spacial score (nSPS) is 17.2. The monoisotopic (exact) mass is 327 g/mol. The van der Waals surface area contributed by atoms with Crippen molar-refractivity contribution in [2.24, 2.45) is 0 Å². The second-order valence-corrected chi connectivity index (χ2v) is 4.99. The number of morpholine rings is 1. The first-order valence-corrected chi connectivity index (χ1v) is 7.08. The molecule has 122 valence electrons. The van der Waals surface area contributed by atoms with E-state index in [4.69, 9.17) is 4.74 Å². The van der Waals surface area contributed by atoms with Crippen LogP contribution in [-0.2, 0) is 16.1 Å². The van der Waals surface area contributed by atoms with E-state index in [1.165, 1.54) is 0 Å². The molecule has 1 aromatic rings. The third-order valence-corrected chi connectivity index (χ3v) is 3.34. The Morgan fingerprint density at radius 1 is 1.41 bits per heavy atom. The summed E-state index contributed by atoms with van der Waals surface area (Å²) in [7, 11) is 1.59. The molecule has 0 spiro atoms. The molecule has 1 aromatic carbocycles. The molecule has 1 fully saturated rings. The topological polar surface area (TPSA) is 79.5 Å². The van der Waals surface area contributed by atoms with E-state index in [1.807, 2.05) is 12.1 Å². The average molecular weight is 328 g/mol. The Bertz CT molecular complexity index is 505. The maximum absolute atomic E-state index is 11.9. The zero-order chi connectivity index (χ0) is 15.1. The number of carbonyl (C=O) groups is 2. The van der Waals surface area contributed by atoms with Crippen molar-refractivity contribution in [1.82, 2.24) is 16.0 Å². The fourth-order valence-corrected chi connectivity index (χ4v) is 2.21. The molecule has 0 radical (unpaired) electrons. The van der Waals surface area contributed by atoms with Crippen LogP contribution in [-0.4, -0.2) is 44.7 Å². The first-order chi connectivity index (χ1) is 10.2. The van der Waals surface area contributed by atoms with Gasteiger partial charge in [0.2, 0.25) is 5.91 Å². The minimum Gasteiger partial charge on any atom is -0.378 e. The second-order valence-electron chi connectivity index (χ2n) is 4.99. The van der Waals surface area contributed by atoms with E-state index in [0.29, 0.717) is 31.7 Å². The summed E-state index contributed by atoms with van der Waals surface area (Å²) in [5.74, 6) is -0.157. The van der Waals surface area contributed by atoms with Gasteiger partial charge in [0.15, 0.2) is 0 Å². The van der Waals surface area contributed by atoms with E-state index in [2.05, 4.69) is 16.0 Å². The number of hydrogen-bond acceptors (Lipinski definition) is 4. The molecule has 1 aliphatic heterocycles. The molecule has 1 saturated heterocycles. The molecule has 3 N–H and O–H groups in total. The second kappa shape index (κ2) is 9.40. The van der Waals surface area contributed by atoms with Gasteiger partial charge >= 0.3 is 0 Å². The number of rotatable bonds is 5. The summed E-state index contributed by atoms with van der Waals surface area (Å²) >= 11 is 0. The summed E-state index contributed by atoms with van der Waals surface area (Å²) in [6.07, 6.45) is 0.398. The number of amides is 2. The molecule has 1 unspecified atom stereocenters. The van der Waals surface area contributed by atoms with Crippen LogP contribution in [0.15, 0.2) is 24.3 Å². The largest absolute Gasteiger partial charge is 0.378 e. The molecule has 0 bridgehead atoms. The van der Waals surface area contributed by atoms with E-state index in [1.54, 1.807) is 19.2 Å².